The summed E-state index contributed by atoms with van der Waals surface area (Å²) in [4.78, 5) is 4.02. The third kappa shape index (κ3) is 4.47. The van der Waals surface area contributed by atoms with Gasteiger partial charge in [0, 0.05) is 25.9 Å². The van der Waals surface area contributed by atoms with E-state index in [-0.39, 0.29) is 0 Å². The molecule has 0 amide bonds. The average Bonchev–Trinajstić information content (AvgIpc) is 3.10. The number of hydrogen-bond acceptors (Lipinski definition) is 3. The van der Waals surface area contributed by atoms with Crippen LogP contribution in [0.1, 0.15) is 18.4 Å². The van der Waals surface area contributed by atoms with E-state index in [2.05, 4.69) is 10.3 Å². The summed E-state index contributed by atoms with van der Waals surface area (Å²) in [5.41, 5.74) is 1.14. The van der Waals surface area contributed by atoms with Gasteiger partial charge in [0.2, 0.25) is 0 Å². The fourth-order valence-corrected chi connectivity index (χ4v) is 1.53. The summed E-state index contributed by atoms with van der Waals surface area (Å²) in [6.45, 7) is 3.42. The molecule has 1 aliphatic rings. The zero-order valence-corrected chi connectivity index (χ0v) is 10.0. The Kier molecular flexibility index (Phi) is 4.57. The van der Waals surface area contributed by atoms with Gasteiger partial charge in [0.25, 0.3) is 0 Å². The molecule has 16 heavy (non-hydrogen) atoms. The van der Waals surface area contributed by atoms with E-state index in [1.165, 1.54) is 12.8 Å². The zero-order valence-electron chi connectivity index (χ0n) is 9.29. The van der Waals surface area contributed by atoms with Crippen LogP contribution >= 0.6 is 11.6 Å². The lowest BCUT2D eigenvalue weighted by atomic mass is 10.3. The van der Waals surface area contributed by atoms with Crippen molar-refractivity contribution in [3.05, 3.63) is 29.0 Å². The van der Waals surface area contributed by atoms with E-state index in [9.17, 15) is 0 Å². The largest absolute Gasteiger partial charge is 0.380 e. The molecular formula is C12H17ClN2O. The molecule has 3 nitrogen and oxygen atoms in total. The van der Waals surface area contributed by atoms with Crippen molar-refractivity contribution in [2.45, 2.75) is 19.4 Å². The van der Waals surface area contributed by atoms with Gasteiger partial charge >= 0.3 is 0 Å². The van der Waals surface area contributed by atoms with E-state index in [0.717, 1.165) is 37.8 Å². The summed E-state index contributed by atoms with van der Waals surface area (Å²) in [6, 6.07) is 3.79. The van der Waals surface area contributed by atoms with Crippen LogP contribution in [0.15, 0.2) is 18.3 Å². The van der Waals surface area contributed by atoms with Gasteiger partial charge in [-0.15, -0.1) is 0 Å². The van der Waals surface area contributed by atoms with Crippen LogP contribution in [0.4, 0.5) is 0 Å². The summed E-state index contributed by atoms with van der Waals surface area (Å²) >= 11 is 5.70. The first-order valence-corrected chi connectivity index (χ1v) is 6.11. The van der Waals surface area contributed by atoms with Crippen molar-refractivity contribution in [3.8, 4) is 0 Å². The number of rotatable bonds is 7. The SMILES string of the molecule is Clc1ccc(CNCCOCC2CC2)cn1. The van der Waals surface area contributed by atoms with Crippen molar-refractivity contribution in [1.29, 1.82) is 0 Å². The van der Waals surface area contributed by atoms with E-state index in [4.69, 9.17) is 16.3 Å². The van der Waals surface area contributed by atoms with Crippen LogP contribution in [0.25, 0.3) is 0 Å². The highest BCUT2D eigenvalue weighted by molar-refractivity contribution is 6.29. The summed E-state index contributed by atoms with van der Waals surface area (Å²) in [5.74, 6) is 0.848. The predicted molar refractivity (Wildman–Crippen MR) is 64.5 cm³/mol. The molecule has 0 saturated heterocycles. The number of ether oxygens (including phenoxy) is 1. The fraction of sp³-hybridized carbons (Fsp3) is 0.583. The van der Waals surface area contributed by atoms with Gasteiger partial charge in [-0.25, -0.2) is 4.98 Å². The fourth-order valence-electron chi connectivity index (χ4n) is 1.42. The first kappa shape index (κ1) is 11.8. The summed E-state index contributed by atoms with van der Waals surface area (Å²) in [6.07, 6.45) is 4.49. The molecule has 1 N–H and O–H groups in total. The van der Waals surface area contributed by atoms with Crippen LogP contribution in [0.2, 0.25) is 5.15 Å². The molecule has 4 heteroatoms. The van der Waals surface area contributed by atoms with E-state index in [1.807, 2.05) is 12.1 Å². The zero-order chi connectivity index (χ0) is 11.2. The van der Waals surface area contributed by atoms with Crippen molar-refractivity contribution in [2.75, 3.05) is 19.8 Å². The summed E-state index contributed by atoms with van der Waals surface area (Å²) in [7, 11) is 0. The Balaban J connectivity index is 1.51. The highest BCUT2D eigenvalue weighted by Gasteiger charge is 2.20. The Morgan fingerprint density at radius 3 is 3.00 bits per heavy atom. The van der Waals surface area contributed by atoms with Crippen LogP contribution in [0.3, 0.4) is 0 Å². The lowest BCUT2D eigenvalue weighted by Gasteiger charge is -2.05. The Morgan fingerprint density at radius 1 is 1.44 bits per heavy atom. The van der Waals surface area contributed by atoms with E-state index < -0.39 is 0 Å². The smallest absolute Gasteiger partial charge is 0.129 e. The molecule has 0 aliphatic heterocycles. The second-order valence-corrected chi connectivity index (χ2v) is 4.57. The summed E-state index contributed by atoms with van der Waals surface area (Å²) in [5, 5.41) is 3.85. The molecule has 1 aromatic heterocycles. The van der Waals surface area contributed by atoms with Crippen molar-refractivity contribution in [3.63, 3.8) is 0 Å². The van der Waals surface area contributed by atoms with Crippen LogP contribution < -0.4 is 5.32 Å². The van der Waals surface area contributed by atoms with Gasteiger partial charge in [-0.05, 0) is 30.4 Å². The third-order valence-corrected chi connectivity index (χ3v) is 2.81. The standard InChI is InChI=1S/C12H17ClN2O/c13-12-4-3-11(8-15-12)7-14-5-6-16-9-10-1-2-10/h3-4,8,10,14H,1-2,5-7,9H2. The van der Waals surface area contributed by atoms with Gasteiger partial charge in [-0.1, -0.05) is 17.7 Å². The molecule has 1 saturated carbocycles. The van der Waals surface area contributed by atoms with Crippen molar-refractivity contribution in [1.82, 2.24) is 10.3 Å². The molecule has 0 aromatic carbocycles. The first-order valence-electron chi connectivity index (χ1n) is 5.73. The quantitative estimate of drug-likeness (QED) is 0.586. The number of pyridine rings is 1. The van der Waals surface area contributed by atoms with Crippen molar-refractivity contribution < 1.29 is 4.74 Å². The molecule has 1 aliphatic carbocycles. The topological polar surface area (TPSA) is 34.1 Å². The minimum atomic E-state index is 0.538. The predicted octanol–water partition coefficient (Wildman–Crippen LogP) is 2.25. The minimum Gasteiger partial charge on any atom is -0.380 e. The van der Waals surface area contributed by atoms with Gasteiger partial charge in [-0.2, -0.15) is 0 Å². The highest BCUT2D eigenvalue weighted by atomic mass is 35.5. The molecule has 88 valence electrons. The molecule has 2 rings (SSSR count). The van der Waals surface area contributed by atoms with Crippen LogP contribution in [0, 0.1) is 5.92 Å². The summed E-state index contributed by atoms with van der Waals surface area (Å²) < 4.78 is 5.52. The normalized spacial score (nSPS) is 15.3. The number of aromatic nitrogens is 1. The number of halogens is 1. The Bertz CT molecular complexity index is 311. The Morgan fingerprint density at radius 2 is 2.31 bits per heavy atom. The van der Waals surface area contributed by atoms with E-state index >= 15 is 0 Å². The third-order valence-electron chi connectivity index (χ3n) is 2.59. The van der Waals surface area contributed by atoms with Gasteiger partial charge < -0.3 is 10.1 Å². The van der Waals surface area contributed by atoms with E-state index in [0.29, 0.717) is 5.15 Å². The highest BCUT2D eigenvalue weighted by Crippen LogP contribution is 2.28. The van der Waals surface area contributed by atoms with Crippen LogP contribution in [0.5, 0.6) is 0 Å². The number of hydrogen-bond donors (Lipinski definition) is 1. The van der Waals surface area contributed by atoms with Crippen LogP contribution in [-0.2, 0) is 11.3 Å². The molecule has 0 atom stereocenters. The molecular weight excluding hydrogens is 224 g/mol. The minimum absolute atomic E-state index is 0.538. The van der Waals surface area contributed by atoms with E-state index in [1.54, 1.807) is 6.20 Å². The second-order valence-electron chi connectivity index (χ2n) is 4.18. The van der Waals surface area contributed by atoms with Gasteiger partial charge in [0.05, 0.1) is 6.61 Å². The van der Waals surface area contributed by atoms with Crippen molar-refractivity contribution >= 4 is 11.6 Å². The molecule has 0 radical (unpaired) electrons. The molecule has 1 aromatic rings. The lowest BCUT2D eigenvalue weighted by Crippen LogP contribution is -2.19. The molecule has 1 fully saturated rings. The molecule has 1 heterocycles. The maximum Gasteiger partial charge on any atom is 0.129 e. The number of nitrogens with zero attached hydrogens (tertiary/aromatic N) is 1. The number of nitrogens with one attached hydrogen (secondary N) is 1. The Labute approximate surface area is 101 Å². The van der Waals surface area contributed by atoms with Gasteiger partial charge in [-0.3, -0.25) is 0 Å². The maximum absolute atomic E-state index is 5.70. The maximum atomic E-state index is 5.70. The first-order chi connectivity index (χ1) is 7.84. The molecule has 0 unspecified atom stereocenters. The van der Waals surface area contributed by atoms with Gasteiger partial charge in [0.1, 0.15) is 5.15 Å². The Hall–Kier alpha value is -0.640. The van der Waals surface area contributed by atoms with Crippen LogP contribution in [-0.4, -0.2) is 24.7 Å². The molecule has 0 bridgehead atoms. The monoisotopic (exact) mass is 240 g/mol. The van der Waals surface area contributed by atoms with Gasteiger partial charge in [0.15, 0.2) is 0 Å². The molecule has 0 spiro atoms. The lowest BCUT2D eigenvalue weighted by molar-refractivity contribution is 0.126. The average molecular weight is 241 g/mol. The second kappa shape index (κ2) is 6.18. The van der Waals surface area contributed by atoms with Crippen molar-refractivity contribution in [2.24, 2.45) is 5.92 Å².